The zero-order chi connectivity index (χ0) is 25.5. The molecule has 0 aliphatic heterocycles. The van der Waals surface area contributed by atoms with E-state index in [-0.39, 0.29) is 0 Å². The molecule has 0 unspecified atom stereocenters. The van der Waals surface area contributed by atoms with E-state index in [1.807, 2.05) is 0 Å². The maximum Gasteiger partial charge on any atom is 0.0431 e. The molecule has 0 aromatic rings. The van der Waals surface area contributed by atoms with Gasteiger partial charge >= 0.3 is 0 Å². The zero-order valence-corrected chi connectivity index (χ0v) is 24.9. The van der Waals surface area contributed by atoms with Gasteiger partial charge in [0.05, 0.1) is 0 Å². The van der Waals surface area contributed by atoms with Crippen LogP contribution in [0.2, 0.25) is 0 Å². The number of aliphatic hydroxyl groups is 1. The lowest BCUT2D eigenvalue weighted by molar-refractivity contribution is 0.282. The molecular weight excluding hydrogens is 424 g/mol. The molecule has 0 aromatic heterocycles. The van der Waals surface area contributed by atoms with Gasteiger partial charge in [0.15, 0.2) is 0 Å². The van der Waals surface area contributed by atoms with E-state index in [0.717, 1.165) is 12.3 Å². The van der Waals surface area contributed by atoms with Crippen LogP contribution in [0.3, 0.4) is 0 Å². The van der Waals surface area contributed by atoms with Crippen LogP contribution >= 0.6 is 0 Å². The van der Waals surface area contributed by atoms with Crippen molar-refractivity contribution in [2.75, 3.05) is 6.61 Å². The molecule has 212 valence electrons. The standard InChI is InChI=1S/C34H70O/c1-34(2)32-30-28-26-24-22-20-18-16-14-12-10-8-6-4-3-5-7-9-11-13-15-17-19-21-23-25-27-29-31-33-35/h34-35H,3-33H2,1-2H3. The Balaban J connectivity index is 3.01. The summed E-state index contributed by atoms with van der Waals surface area (Å²) < 4.78 is 0. The molecule has 0 fully saturated rings. The summed E-state index contributed by atoms with van der Waals surface area (Å²) >= 11 is 0. The van der Waals surface area contributed by atoms with Gasteiger partial charge in [-0.3, -0.25) is 0 Å². The fourth-order valence-corrected chi connectivity index (χ4v) is 5.44. The molecule has 0 heterocycles. The monoisotopic (exact) mass is 495 g/mol. The molecule has 1 heteroatoms. The van der Waals surface area contributed by atoms with Crippen molar-refractivity contribution in [1.29, 1.82) is 0 Å². The first-order chi connectivity index (χ1) is 17.3. The number of aliphatic hydroxyl groups excluding tert-OH is 1. The largest absolute Gasteiger partial charge is 0.396 e. The summed E-state index contributed by atoms with van der Waals surface area (Å²) in [5.74, 6) is 0.893. The van der Waals surface area contributed by atoms with Crippen LogP contribution in [0.25, 0.3) is 0 Å². The van der Waals surface area contributed by atoms with Crippen molar-refractivity contribution >= 4 is 0 Å². The smallest absolute Gasteiger partial charge is 0.0431 e. The van der Waals surface area contributed by atoms with Crippen molar-refractivity contribution in [3.63, 3.8) is 0 Å². The highest BCUT2D eigenvalue weighted by molar-refractivity contribution is 4.53. The fraction of sp³-hybridized carbons (Fsp3) is 1.00. The Morgan fingerprint density at radius 2 is 0.457 bits per heavy atom. The van der Waals surface area contributed by atoms with Gasteiger partial charge in [0.25, 0.3) is 0 Å². The summed E-state index contributed by atoms with van der Waals surface area (Å²) in [5, 5.41) is 8.77. The number of rotatable bonds is 31. The predicted octanol–water partition coefficient (Wildman–Crippen LogP) is 12.3. The van der Waals surface area contributed by atoms with Crippen molar-refractivity contribution in [3.05, 3.63) is 0 Å². The highest BCUT2D eigenvalue weighted by atomic mass is 16.2. The van der Waals surface area contributed by atoms with Gasteiger partial charge in [-0.15, -0.1) is 0 Å². The minimum atomic E-state index is 0.374. The Hall–Kier alpha value is -0.0400. The van der Waals surface area contributed by atoms with Gasteiger partial charge in [0.1, 0.15) is 0 Å². The normalized spacial score (nSPS) is 11.7. The maximum atomic E-state index is 8.77. The topological polar surface area (TPSA) is 20.2 Å². The van der Waals surface area contributed by atoms with E-state index in [0.29, 0.717) is 6.61 Å². The van der Waals surface area contributed by atoms with Gasteiger partial charge in [-0.2, -0.15) is 0 Å². The summed E-state index contributed by atoms with van der Waals surface area (Å²) in [6.45, 7) is 5.07. The average Bonchev–Trinajstić information content (AvgIpc) is 2.85. The van der Waals surface area contributed by atoms with Crippen LogP contribution in [-0.4, -0.2) is 11.7 Å². The molecule has 0 rings (SSSR count). The lowest BCUT2D eigenvalue weighted by atomic mass is 10.0. The second-order valence-electron chi connectivity index (χ2n) is 12.2. The molecule has 0 bridgehead atoms. The van der Waals surface area contributed by atoms with Gasteiger partial charge in [-0.1, -0.05) is 200 Å². The fourth-order valence-electron chi connectivity index (χ4n) is 5.44. The van der Waals surface area contributed by atoms with Crippen molar-refractivity contribution in [1.82, 2.24) is 0 Å². The number of hydrogen-bond acceptors (Lipinski definition) is 1. The van der Waals surface area contributed by atoms with Crippen LogP contribution in [0.15, 0.2) is 0 Å². The van der Waals surface area contributed by atoms with Gasteiger partial charge in [-0.05, 0) is 12.3 Å². The van der Waals surface area contributed by atoms with E-state index in [4.69, 9.17) is 5.11 Å². The summed E-state index contributed by atoms with van der Waals surface area (Å²) in [4.78, 5) is 0. The quantitative estimate of drug-likeness (QED) is 0.0950. The third kappa shape index (κ3) is 34.0. The summed E-state index contributed by atoms with van der Waals surface area (Å²) in [7, 11) is 0. The first kappa shape index (κ1) is 35.0. The first-order valence-corrected chi connectivity index (χ1v) is 16.9. The molecule has 0 atom stereocenters. The summed E-state index contributed by atoms with van der Waals surface area (Å²) in [6.07, 6.45) is 43.1. The van der Waals surface area contributed by atoms with Crippen LogP contribution in [0.4, 0.5) is 0 Å². The highest BCUT2D eigenvalue weighted by Crippen LogP contribution is 2.17. The van der Waals surface area contributed by atoms with Crippen LogP contribution in [0.5, 0.6) is 0 Å². The second-order valence-corrected chi connectivity index (χ2v) is 12.2. The summed E-state index contributed by atoms with van der Waals surface area (Å²) in [5.41, 5.74) is 0. The van der Waals surface area contributed by atoms with E-state index < -0.39 is 0 Å². The van der Waals surface area contributed by atoms with Crippen molar-refractivity contribution in [2.24, 2.45) is 5.92 Å². The Morgan fingerprint density at radius 3 is 0.629 bits per heavy atom. The third-order valence-corrected chi connectivity index (χ3v) is 7.94. The second kappa shape index (κ2) is 32.0. The lowest BCUT2D eigenvalue weighted by Crippen LogP contribution is -1.87. The highest BCUT2D eigenvalue weighted by Gasteiger charge is 1.97. The molecule has 0 amide bonds. The van der Waals surface area contributed by atoms with Crippen molar-refractivity contribution in [3.8, 4) is 0 Å². The third-order valence-electron chi connectivity index (χ3n) is 7.94. The van der Waals surface area contributed by atoms with Gasteiger partial charge in [-0.25, -0.2) is 0 Å². The van der Waals surface area contributed by atoms with E-state index in [2.05, 4.69) is 13.8 Å². The van der Waals surface area contributed by atoms with Gasteiger partial charge < -0.3 is 5.11 Å². The Kier molecular flexibility index (Phi) is 32.0. The minimum absolute atomic E-state index is 0.374. The van der Waals surface area contributed by atoms with Crippen LogP contribution in [-0.2, 0) is 0 Å². The molecule has 0 aliphatic rings. The summed E-state index contributed by atoms with van der Waals surface area (Å²) in [6, 6.07) is 0. The molecule has 0 saturated carbocycles. The molecule has 0 aromatic carbocycles. The van der Waals surface area contributed by atoms with Crippen molar-refractivity contribution < 1.29 is 5.11 Å². The van der Waals surface area contributed by atoms with Crippen molar-refractivity contribution in [2.45, 2.75) is 206 Å². The molecule has 1 nitrogen and oxygen atoms in total. The van der Waals surface area contributed by atoms with Crippen LogP contribution in [0.1, 0.15) is 206 Å². The number of hydrogen-bond donors (Lipinski definition) is 1. The maximum absolute atomic E-state index is 8.77. The van der Waals surface area contributed by atoms with E-state index in [1.54, 1.807) is 0 Å². The van der Waals surface area contributed by atoms with Gasteiger partial charge in [0.2, 0.25) is 0 Å². The molecule has 35 heavy (non-hydrogen) atoms. The SMILES string of the molecule is CC(C)CCCCCCCCCCCCCCCCCCCCCCCCCCCCCCCO. The molecule has 1 N–H and O–H groups in total. The van der Waals surface area contributed by atoms with Crippen LogP contribution in [0, 0.1) is 5.92 Å². The Morgan fingerprint density at radius 1 is 0.286 bits per heavy atom. The number of unbranched alkanes of at least 4 members (excludes halogenated alkanes) is 28. The lowest BCUT2D eigenvalue weighted by Gasteiger charge is -2.05. The Bertz CT molecular complexity index is 350. The van der Waals surface area contributed by atoms with E-state index >= 15 is 0 Å². The predicted molar refractivity (Wildman–Crippen MR) is 160 cm³/mol. The Labute approximate surface area is 224 Å². The molecular formula is C34H70O. The minimum Gasteiger partial charge on any atom is -0.396 e. The van der Waals surface area contributed by atoms with E-state index in [1.165, 1.54) is 186 Å². The zero-order valence-electron chi connectivity index (χ0n) is 24.9. The molecule has 0 aliphatic carbocycles. The average molecular weight is 495 g/mol. The molecule has 0 saturated heterocycles. The molecule has 0 radical (unpaired) electrons. The van der Waals surface area contributed by atoms with E-state index in [9.17, 15) is 0 Å². The van der Waals surface area contributed by atoms with Gasteiger partial charge in [0, 0.05) is 6.61 Å². The molecule has 0 spiro atoms. The first-order valence-electron chi connectivity index (χ1n) is 16.9. The van der Waals surface area contributed by atoms with Crippen LogP contribution < -0.4 is 0 Å².